The molecule has 0 bridgehead atoms. The lowest BCUT2D eigenvalue weighted by atomic mass is 10.2. The molecule has 0 aliphatic carbocycles. The first-order valence-electron chi connectivity index (χ1n) is 3.73. The monoisotopic (exact) mass is 140 g/mol. The average molecular weight is 140 g/mol. The highest BCUT2D eigenvalue weighted by Crippen LogP contribution is 2.14. The van der Waals surface area contributed by atoms with Gasteiger partial charge in [-0.25, -0.2) is 0 Å². The Morgan fingerprint density at radius 3 is 3.30 bits per heavy atom. The Labute approximate surface area is 60.7 Å². The highest BCUT2D eigenvalue weighted by molar-refractivity contribution is 5.58. The predicted octanol–water partition coefficient (Wildman–Crippen LogP) is 0.118. The molecule has 3 heteroatoms. The van der Waals surface area contributed by atoms with Crippen molar-refractivity contribution in [2.24, 2.45) is 4.99 Å². The molecule has 1 saturated heterocycles. The van der Waals surface area contributed by atoms with E-state index in [1.165, 1.54) is 0 Å². The van der Waals surface area contributed by atoms with Gasteiger partial charge in [0.1, 0.15) is 0 Å². The van der Waals surface area contributed by atoms with E-state index in [1.807, 2.05) is 6.34 Å². The van der Waals surface area contributed by atoms with E-state index in [0.717, 1.165) is 19.8 Å². The minimum absolute atomic E-state index is 0.519. The molecular formula is C7H12N2O. The lowest BCUT2D eigenvalue weighted by Crippen LogP contribution is -2.48. The quantitative estimate of drug-likeness (QED) is 0.477. The highest BCUT2D eigenvalue weighted by atomic mass is 16.5. The van der Waals surface area contributed by atoms with E-state index in [2.05, 4.69) is 16.8 Å². The van der Waals surface area contributed by atoms with Crippen molar-refractivity contribution in [1.29, 1.82) is 0 Å². The van der Waals surface area contributed by atoms with E-state index in [-0.39, 0.29) is 0 Å². The van der Waals surface area contributed by atoms with Crippen LogP contribution in [-0.4, -0.2) is 43.1 Å². The molecule has 0 N–H and O–H groups in total. The summed E-state index contributed by atoms with van der Waals surface area (Å²) < 4.78 is 5.37. The zero-order chi connectivity index (χ0) is 6.97. The molecule has 2 heterocycles. The molecule has 0 saturated carbocycles. The van der Waals surface area contributed by atoms with Crippen molar-refractivity contribution < 1.29 is 4.74 Å². The molecular weight excluding hydrogens is 128 g/mol. The lowest BCUT2D eigenvalue weighted by molar-refractivity contribution is 0.00496. The minimum atomic E-state index is 0.519. The molecule has 2 aliphatic rings. The molecule has 0 spiro atoms. The van der Waals surface area contributed by atoms with Crippen LogP contribution >= 0.6 is 0 Å². The van der Waals surface area contributed by atoms with Crippen LogP contribution in [0.2, 0.25) is 0 Å². The van der Waals surface area contributed by atoms with Gasteiger partial charge < -0.3 is 9.64 Å². The second-order valence-electron chi connectivity index (χ2n) is 2.97. The number of fused-ring (bicyclic) bond motifs is 1. The van der Waals surface area contributed by atoms with Crippen LogP contribution in [0.3, 0.4) is 0 Å². The zero-order valence-electron chi connectivity index (χ0n) is 6.16. The Morgan fingerprint density at radius 1 is 1.60 bits per heavy atom. The van der Waals surface area contributed by atoms with Crippen molar-refractivity contribution in [3.63, 3.8) is 0 Å². The van der Waals surface area contributed by atoms with E-state index >= 15 is 0 Å². The highest BCUT2D eigenvalue weighted by Gasteiger charge is 2.28. The van der Waals surface area contributed by atoms with Gasteiger partial charge in [-0.3, -0.25) is 4.99 Å². The molecule has 0 radical (unpaired) electrons. The van der Waals surface area contributed by atoms with Crippen molar-refractivity contribution >= 4 is 6.34 Å². The normalized spacial score (nSPS) is 38.3. The maximum Gasteiger partial charge on any atom is 0.0857 e. The number of aliphatic imine (C=N–C) groups is 1. The van der Waals surface area contributed by atoms with E-state index in [0.29, 0.717) is 12.1 Å². The van der Waals surface area contributed by atoms with E-state index < -0.39 is 0 Å². The summed E-state index contributed by atoms with van der Waals surface area (Å²) in [7, 11) is 0. The zero-order valence-corrected chi connectivity index (χ0v) is 6.16. The van der Waals surface area contributed by atoms with Gasteiger partial charge >= 0.3 is 0 Å². The number of morpholine rings is 1. The Bertz CT molecular complexity index is 158. The average Bonchev–Trinajstić information content (AvgIpc) is 2.36. The van der Waals surface area contributed by atoms with Crippen molar-refractivity contribution in [2.75, 3.05) is 19.8 Å². The molecule has 56 valence electrons. The number of ether oxygens (including phenoxy) is 1. The molecule has 2 aliphatic heterocycles. The molecule has 0 amide bonds. The number of hydrogen-bond donors (Lipinski definition) is 0. The molecule has 2 unspecified atom stereocenters. The summed E-state index contributed by atoms with van der Waals surface area (Å²) in [5.41, 5.74) is 0. The van der Waals surface area contributed by atoms with Crippen LogP contribution in [-0.2, 0) is 4.74 Å². The first kappa shape index (κ1) is 6.16. The molecule has 2 atom stereocenters. The van der Waals surface area contributed by atoms with Gasteiger partial charge in [0, 0.05) is 0 Å². The largest absolute Gasteiger partial charge is 0.377 e. The molecule has 0 aromatic rings. The summed E-state index contributed by atoms with van der Waals surface area (Å²) in [6, 6.07) is 1.05. The van der Waals surface area contributed by atoms with Gasteiger partial charge in [-0.15, -0.1) is 0 Å². The number of nitrogens with zero attached hydrogens (tertiary/aromatic N) is 2. The van der Waals surface area contributed by atoms with Crippen LogP contribution in [0, 0.1) is 0 Å². The van der Waals surface area contributed by atoms with Gasteiger partial charge in [0.05, 0.1) is 38.2 Å². The van der Waals surface area contributed by atoms with E-state index in [1.54, 1.807) is 0 Å². The van der Waals surface area contributed by atoms with Crippen molar-refractivity contribution in [3.8, 4) is 0 Å². The van der Waals surface area contributed by atoms with Crippen LogP contribution in [0.15, 0.2) is 4.99 Å². The van der Waals surface area contributed by atoms with Gasteiger partial charge in [-0.2, -0.15) is 0 Å². The molecule has 10 heavy (non-hydrogen) atoms. The first-order valence-corrected chi connectivity index (χ1v) is 3.73. The second kappa shape index (κ2) is 2.23. The van der Waals surface area contributed by atoms with Crippen molar-refractivity contribution in [3.05, 3.63) is 0 Å². The maximum absolute atomic E-state index is 5.37. The van der Waals surface area contributed by atoms with Crippen molar-refractivity contribution in [2.45, 2.75) is 19.0 Å². The fourth-order valence-electron chi connectivity index (χ4n) is 1.52. The lowest BCUT2D eigenvalue weighted by Gasteiger charge is -2.34. The molecule has 0 aromatic carbocycles. The van der Waals surface area contributed by atoms with Gasteiger partial charge in [0.15, 0.2) is 0 Å². The van der Waals surface area contributed by atoms with Crippen LogP contribution in [0.4, 0.5) is 0 Å². The molecule has 0 aromatic heterocycles. The maximum atomic E-state index is 5.37. The minimum Gasteiger partial charge on any atom is -0.377 e. The fourth-order valence-corrected chi connectivity index (χ4v) is 1.52. The van der Waals surface area contributed by atoms with Crippen molar-refractivity contribution in [1.82, 2.24) is 4.90 Å². The summed E-state index contributed by atoms with van der Waals surface area (Å²) in [4.78, 5) is 6.49. The Kier molecular flexibility index (Phi) is 1.38. The number of hydrogen-bond acceptors (Lipinski definition) is 3. The van der Waals surface area contributed by atoms with Crippen LogP contribution in [0.25, 0.3) is 0 Å². The van der Waals surface area contributed by atoms with Gasteiger partial charge in [-0.1, -0.05) is 0 Å². The molecule has 1 fully saturated rings. The van der Waals surface area contributed by atoms with E-state index in [4.69, 9.17) is 4.74 Å². The summed E-state index contributed by atoms with van der Waals surface area (Å²) >= 11 is 0. The van der Waals surface area contributed by atoms with Gasteiger partial charge in [0.25, 0.3) is 0 Å². The molecule has 2 rings (SSSR count). The fraction of sp³-hybridized carbons (Fsp3) is 0.857. The summed E-state index contributed by atoms with van der Waals surface area (Å²) in [6.45, 7) is 4.79. The summed E-state index contributed by atoms with van der Waals surface area (Å²) in [5.74, 6) is 0. The van der Waals surface area contributed by atoms with Crippen LogP contribution in [0.5, 0.6) is 0 Å². The smallest absolute Gasteiger partial charge is 0.0857 e. The Balaban J connectivity index is 2.08. The van der Waals surface area contributed by atoms with E-state index in [9.17, 15) is 0 Å². The third kappa shape index (κ3) is 0.814. The van der Waals surface area contributed by atoms with Gasteiger partial charge in [-0.05, 0) is 6.92 Å². The first-order chi connectivity index (χ1) is 4.88. The molecule has 3 nitrogen and oxygen atoms in total. The summed E-state index contributed by atoms with van der Waals surface area (Å²) in [6.07, 6.45) is 1.96. The topological polar surface area (TPSA) is 24.8 Å². The van der Waals surface area contributed by atoms with Gasteiger partial charge in [0.2, 0.25) is 0 Å². The Hall–Kier alpha value is -0.570. The Morgan fingerprint density at radius 2 is 2.50 bits per heavy atom. The summed E-state index contributed by atoms with van der Waals surface area (Å²) in [5, 5.41) is 0. The SMILES string of the molecule is CC1COCC2CN=CN12. The third-order valence-electron chi connectivity index (χ3n) is 2.13. The third-order valence-corrected chi connectivity index (χ3v) is 2.13. The van der Waals surface area contributed by atoms with Crippen LogP contribution in [0.1, 0.15) is 6.92 Å². The number of rotatable bonds is 0. The second-order valence-corrected chi connectivity index (χ2v) is 2.97. The predicted molar refractivity (Wildman–Crippen MR) is 39.3 cm³/mol. The standard InChI is InChI=1S/C7H12N2O/c1-6-3-10-4-7-2-8-5-9(6)7/h5-7H,2-4H2,1H3. The van der Waals surface area contributed by atoms with Crippen LogP contribution < -0.4 is 0 Å².